The van der Waals surface area contributed by atoms with Crippen LogP contribution >= 0.6 is 0 Å². The number of carboxylic acid groups (broad SMARTS) is 1. The first-order valence-electron chi connectivity index (χ1n) is 4.57. The highest BCUT2D eigenvalue weighted by Gasteiger charge is 2.19. The number of carboxylic acids is 1. The van der Waals surface area contributed by atoms with Crippen LogP contribution in [0.15, 0.2) is 24.5 Å². The molecule has 0 radical (unpaired) electrons. The molecule has 5 nitrogen and oxygen atoms in total. The lowest BCUT2D eigenvalue weighted by Crippen LogP contribution is -2.19. The molecule has 0 aromatic carbocycles. The van der Waals surface area contributed by atoms with Crippen LogP contribution in [0.25, 0.3) is 0 Å². The third-order valence-electron chi connectivity index (χ3n) is 2.12. The maximum Gasteiger partial charge on any atom is 0.326 e. The minimum atomic E-state index is -0.949. The van der Waals surface area contributed by atoms with E-state index in [1.54, 1.807) is 29.1 Å². The first-order chi connectivity index (χ1) is 7.15. The van der Waals surface area contributed by atoms with Gasteiger partial charge in [0, 0.05) is 18.8 Å². The molecule has 0 spiro atoms. The summed E-state index contributed by atoms with van der Waals surface area (Å²) < 4.78 is 6.02. The fourth-order valence-corrected chi connectivity index (χ4v) is 1.31. The average molecular weight is 211 g/mol. The van der Waals surface area contributed by atoms with Crippen LogP contribution < -0.4 is 0 Å². The standard InChI is InChI=1S/C10H13NO4/c1-15-9(12)5-4-8(10(13)14)11-6-2-3-7-11/h2-3,6-8H,4-5H2,1H3,(H,13,14). The SMILES string of the molecule is COC(=O)CCC(C(=O)O)n1cccc1. The van der Waals surface area contributed by atoms with Gasteiger partial charge in [0.25, 0.3) is 0 Å². The number of aliphatic carboxylic acids is 1. The van der Waals surface area contributed by atoms with Crippen molar-refractivity contribution in [1.29, 1.82) is 0 Å². The molecule has 0 bridgehead atoms. The van der Waals surface area contributed by atoms with Crippen molar-refractivity contribution in [2.24, 2.45) is 0 Å². The lowest BCUT2D eigenvalue weighted by atomic mass is 10.1. The predicted octanol–water partition coefficient (Wildman–Crippen LogP) is 1.07. The molecule has 0 aliphatic rings. The van der Waals surface area contributed by atoms with E-state index in [2.05, 4.69) is 4.74 Å². The molecule has 1 heterocycles. The fourth-order valence-electron chi connectivity index (χ4n) is 1.31. The third-order valence-corrected chi connectivity index (χ3v) is 2.12. The molecule has 0 amide bonds. The Hall–Kier alpha value is -1.78. The van der Waals surface area contributed by atoms with Gasteiger partial charge in [-0.05, 0) is 18.6 Å². The second-order valence-electron chi connectivity index (χ2n) is 3.10. The van der Waals surface area contributed by atoms with Crippen LogP contribution in [0.3, 0.4) is 0 Å². The smallest absolute Gasteiger partial charge is 0.326 e. The quantitative estimate of drug-likeness (QED) is 0.739. The van der Waals surface area contributed by atoms with Crippen LogP contribution in [-0.4, -0.2) is 28.7 Å². The molecule has 0 saturated carbocycles. The molecule has 1 N–H and O–H groups in total. The van der Waals surface area contributed by atoms with Crippen molar-refractivity contribution < 1.29 is 19.4 Å². The molecule has 0 aliphatic carbocycles. The zero-order valence-electron chi connectivity index (χ0n) is 8.42. The Morgan fingerprint density at radius 1 is 1.40 bits per heavy atom. The maximum absolute atomic E-state index is 10.9. The van der Waals surface area contributed by atoms with Crippen LogP contribution in [0.5, 0.6) is 0 Å². The number of hydrogen-bond donors (Lipinski definition) is 1. The van der Waals surface area contributed by atoms with E-state index in [1.165, 1.54) is 7.11 Å². The number of esters is 1. The average Bonchev–Trinajstić information content (AvgIpc) is 2.70. The van der Waals surface area contributed by atoms with Gasteiger partial charge in [0.2, 0.25) is 0 Å². The predicted molar refractivity (Wildman–Crippen MR) is 52.4 cm³/mol. The molecular weight excluding hydrogens is 198 g/mol. The Kier molecular flexibility index (Phi) is 3.91. The number of carbonyl (C=O) groups excluding carboxylic acids is 1. The third kappa shape index (κ3) is 3.12. The van der Waals surface area contributed by atoms with E-state index in [1.807, 2.05) is 0 Å². The Bertz CT molecular complexity index is 331. The summed E-state index contributed by atoms with van der Waals surface area (Å²) in [5.74, 6) is -1.34. The van der Waals surface area contributed by atoms with E-state index in [0.717, 1.165) is 0 Å². The molecular formula is C10H13NO4. The summed E-state index contributed by atoms with van der Waals surface area (Å²) in [4.78, 5) is 21.8. The molecule has 1 aromatic heterocycles. The number of aromatic nitrogens is 1. The van der Waals surface area contributed by atoms with Gasteiger partial charge in [-0.3, -0.25) is 4.79 Å². The summed E-state index contributed by atoms with van der Waals surface area (Å²) >= 11 is 0. The monoisotopic (exact) mass is 211 g/mol. The number of methoxy groups -OCH3 is 1. The molecule has 1 aromatic rings. The van der Waals surface area contributed by atoms with Crippen LogP contribution in [0, 0.1) is 0 Å². The molecule has 15 heavy (non-hydrogen) atoms. The molecule has 1 unspecified atom stereocenters. The lowest BCUT2D eigenvalue weighted by molar-refractivity contribution is -0.143. The highest BCUT2D eigenvalue weighted by molar-refractivity contribution is 5.74. The molecule has 5 heteroatoms. The molecule has 0 aliphatic heterocycles. The van der Waals surface area contributed by atoms with Crippen molar-refractivity contribution in [3.05, 3.63) is 24.5 Å². The second-order valence-corrected chi connectivity index (χ2v) is 3.10. The van der Waals surface area contributed by atoms with Gasteiger partial charge in [-0.2, -0.15) is 0 Å². The van der Waals surface area contributed by atoms with Crippen molar-refractivity contribution in [2.75, 3.05) is 7.11 Å². The van der Waals surface area contributed by atoms with Gasteiger partial charge in [-0.25, -0.2) is 4.79 Å². The first kappa shape index (κ1) is 11.3. The van der Waals surface area contributed by atoms with Crippen molar-refractivity contribution >= 4 is 11.9 Å². The van der Waals surface area contributed by atoms with Crippen molar-refractivity contribution in [3.63, 3.8) is 0 Å². The zero-order valence-corrected chi connectivity index (χ0v) is 8.42. The molecule has 1 rings (SSSR count). The molecule has 82 valence electrons. The van der Waals surface area contributed by atoms with Gasteiger partial charge < -0.3 is 14.4 Å². The topological polar surface area (TPSA) is 68.5 Å². The number of hydrogen-bond acceptors (Lipinski definition) is 3. The Labute approximate surface area is 87.3 Å². The fraction of sp³-hybridized carbons (Fsp3) is 0.400. The number of rotatable bonds is 5. The highest BCUT2D eigenvalue weighted by atomic mass is 16.5. The van der Waals surface area contributed by atoms with Crippen LogP contribution in [0.1, 0.15) is 18.9 Å². The summed E-state index contributed by atoms with van der Waals surface area (Å²) in [6, 6.07) is 2.78. The van der Waals surface area contributed by atoms with Gasteiger partial charge in [0.05, 0.1) is 7.11 Å². The van der Waals surface area contributed by atoms with Gasteiger partial charge in [-0.15, -0.1) is 0 Å². The lowest BCUT2D eigenvalue weighted by Gasteiger charge is -2.13. The number of ether oxygens (including phenoxy) is 1. The van der Waals surface area contributed by atoms with Gasteiger partial charge in [0.1, 0.15) is 6.04 Å². The number of carbonyl (C=O) groups is 2. The largest absolute Gasteiger partial charge is 0.480 e. The summed E-state index contributed by atoms with van der Waals surface area (Å²) in [5, 5.41) is 8.96. The zero-order chi connectivity index (χ0) is 11.3. The minimum absolute atomic E-state index is 0.103. The van der Waals surface area contributed by atoms with Crippen LogP contribution in [-0.2, 0) is 14.3 Å². The summed E-state index contributed by atoms with van der Waals surface area (Å²) in [6.07, 6.45) is 3.66. The summed E-state index contributed by atoms with van der Waals surface area (Å²) in [5.41, 5.74) is 0. The number of nitrogens with zero attached hydrogens (tertiary/aromatic N) is 1. The first-order valence-corrected chi connectivity index (χ1v) is 4.57. The van der Waals surface area contributed by atoms with Crippen LogP contribution in [0.4, 0.5) is 0 Å². The Morgan fingerprint density at radius 3 is 2.47 bits per heavy atom. The van der Waals surface area contributed by atoms with E-state index in [0.29, 0.717) is 0 Å². The van der Waals surface area contributed by atoms with E-state index in [-0.39, 0.29) is 12.8 Å². The summed E-state index contributed by atoms with van der Waals surface area (Å²) in [6.45, 7) is 0. The Morgan fingerprint density at radius 2 is 2.00 bits per heavy atom. The van der Waals surface area contributed by atoms with E-state index >= 15 is 0 Å². The molecule has 0 saturated heterocycles. The van der Waals surface area contributed by atoms with Crippen molar-refractivity contribution in [2.45, 2.75) is 18.9 Å². The van der Waals surface area contributed by atoms with Gasteiger partial charge >= 0.3 is 11.9 Å². The summed E-state index contributed by atoms with van der Waals surface area (Å²) in [7, 11) is 1.29. The van der Waals surface area contributed by atoms with E-state index in [9.17, 15) is 9.59 Å². The van der Waals surface area contributed by atoms with Gasteiger partial charge in [0.15, 0.2) is 0 Å². The van der Waals surface area contributed by atoms with E-state index in [4.69, 9.17) is 5.11 Å². The molecule has 0 fully saturated rings. The van der Waals surface area contributed by atoms with E-state index < -0.39 is 18.0 Å². The van der Waals surface area contributed by atoms with Crippen molar-refractivity contribution in [3.8, 4) is 0 Å². The maximum atomic E-state index is 10.9. The second kappa shape index (κ2) is 5.19. The Balaban J connectivity index is 2.60. The highest BCUT2D eigenvalue weighted by Crippen LogP contribution is 2.14. The minimum Gasteiger partial charge on any atom is -0.480 e. The van der Waals surface area contributed by atoms with Crippen molar-refractivity contribution in [1.82, 2.24) is 4.57 Å². The van der Waals surface area contributed by atoms with Crippen LogP contribution in [0.2, 0.25) is 0 Å². The normalized spacial score (nSPS) is 12.1. The van der Waals surface area contributed by atoms with Gasteiger partial charge in [-0.1, -0.05) is 0 Å². The molecule has 1 atom stereocenters.